The van der Waals surface area contributed by atoms with Gasteiger partial charge in [0.2, 0.25) is 0 Å². The van der Waals surface area contributed by atoms with E-state index in [0.29, 0.717) is 24.1 Å². The lowest BCUT2D eigenvalue weighted by Crippen LogP contribution is -2.57. The molecular formula is C19H21F3N4O. The van der Waals surface area contributed by atoms with Crippen molar-refractivity contribution in [3.63, 3.8) is 0 Å². The van der Waals surface area contributed by atoms with Gasteiger partial charge in [0, 0.05) is 13.1 Å². The van der Waals surface area contributed by atoms with E-state index >= 15 is 0 Å². The van der Waals surface area contributed by atoms with E-state index < -0.39 is 17.5 Å². The van der Waals surface area contributed by atoms with Gasteiger partial charge in [-0.3, -0.25) is 9.36 Å². The zero-order chi connectivity index (χ0) is 19.2. The number of hydrogen-bond donors (Lipinski definition) is 0. The van der Waals surface area contributed by atoms with Crippen molar-refractivity contribution in [2.24, 2.45) is 11.3 Å². The zero-order valence-corrected chi connectivity index (χ0v) is 15.0. The molecule has 1 aliphatic heterocycles. The molecule has 144 valence electrons. The Morgan fingerprint density at radius 3 is 2.52 bits per heavy atom. The van der Waals surface area contributed by atoms with E-state index in [1.165, 1.54) is 12.7 Å². The molecule has 2 aromatic rings. The number of benzene rings is 1. The predicted octanol–water partition coefficient (Wildman–Crippen LogP) is 3.77. The lowest BCUT2D eigenvalue weighted by atomic mass is 9.58. The first-order chi connectivity index (χ1) is 12.8. The summed E-state index contributed by atoms with van der Waals surface area (Å²) >= 11 is 0. The maximum Gasteiger partial charge on any atom is 0.392 e. The fourth-order valence-electron chi connectivity index (χ4n) is 4.52. The number of likely N-dealkylation sites (tertiary alicyclic amines) is 1. The van der Waals surface area contributed by atoms with E-state index in [0.717, 1.165) is 12.0 Å². The van der Waals surface area contributed by atoms with Gasteiger partial charge in [-0.2, -0.15) is 13.2 Å². The maximum absolute atomic E-state index is 13.5. The van der Waals surface area contributed by atoms with E-state index in [1.54, 1.807) is 15.5 Å². The summed E-state index contributed by atoms with van der Waals surface area (Å²) in [6.07, 6.45) is 0.649. The zero-order valence-electron chi connectivity index (χ0n) is 15.0. The number of carbonyl (C=O) groups is 1. The summed E-state index contributed by atoms with van der Waals surface area (Å²) in [5.74, 6) is -1.54. The van der Waals surface area contributed by atoms with Crippen LogP contribution in [0.5, 0.6) is 0 Å². The van der Waals surface area contributed by atoms with Crippen LogP contribution in [0.2, 0.25) is 0 Å². The van der Waals surface area contributed by atoms with Crippen LogP contribution < -0.4 is 0 Å². The molecule has 1 saturated heterocycles. The van der Waals surface area contributed by atoms with Crippen LogP contribution in [0, 0.1) is 18.3 Å². The molecule has 0 radical (unpaired) electrons. The molecule has 1 aromatic carbocycles. The number of halogens is 3. The Morgan fingerprint density at radius 2 is 1.93 bits per heavy atom. The normalized spacial score (nSPS) is 21.9. The highest BCUT2D eigenvalue weighted by molar-refractivity contribution is 5.98. The number of aryl methyl sites for hydroxylation is 1. The SMILES string of the molecule is Cc1ccc(-n2cnnc2)c(C(=O)N2CCC(C(F)(F)F)C3(CCC3)C2)c1. The molecule has 2 aliphatic rings. The summed E-state index contributed by atoms with van der Waals surface area (Å²) in [4.78, 5) is 14.8. The minimum absolute atomic E-state index is 0.0248. The predicted molar refractivity (Wildman–Crippen MR) is 92.4 cm³/mol. The highest BCUT2D eigenvalue weighted by atomic mass is 19.4. The third kappa shape index (κ3) is 3.11. The number of rotatable bonds is 2. The first-order valence-electron chi connectivity index (χ1n) is 9.12. The van der Waals surface area contributed by atoms with Crippen molar-refractivity contribution in [2.45, 2.75) is 38.8 Å². The Kier molecular flexibility index (Phi) is 4.24. The summed E-state index contributed by atoms with van der Waals surface area (Å²) in [7, 11) is 0. The van der Waals surface area contributed by atoms with Crippen LogP contribution in [0.15, 0.2) is 30.9 Å². The van der Waals surface area contributed by atoms with Crippen LogP contribution in [-0.4, -0.2) is 44.8 Å². The molecule has 2 fully saturated rings. The third-order valence-corrected chi connectivity index (χ3v) is 6.04. The molecule has 2 heterocycles. The molecule has 1 aliphatic carbocycles. The van der Waals surface area contributed by atoms with Gasteiger partial charge in [-0.15, -0.1) is 10.2 Å². The summed E-state index contributed by atoms with van der Waals surface area (Å²) < 4.78 is 42.1. The Labute approximate surface area is 155 Å². The van der Waals surface area contributed by atoms with Gasteiger partial charge in [0.25, 0.3) is 5.91 Å². The molecule has 1 aromatic heterocycles. The van der Waals surface area contributed by atoms with E-state index in [2.05, 4.69) is 10.2 Å². The quantitative estimate of drug-likeness (QED) is 0.799. The highest BCUT2D eigenvalue weighted by Gasteiger charge is 2.58. The summed E-state index contributed by atoms with van der Waals surface area (Å²) in [5.41, 5.74) is 1.21. The number of hydrogen-bond acceptors (Lipinski definition) is 3. The Bertz CT molecular complexity index is 843. The molecule has 1 spiro atoms. The van der Waals surface area contributed by atoms with E-state index in [4.69, 9.17) is 0 Å². The van der Waals surface area contributed by atoms with Crippen molar-refractivity contribution in [2.75, 3.05) is 13.1 Å². The lowest BCUT2D eigenvalue weighted by molar-refractivity contribution is -0.235. The number of piperidine rings is 1. The fourth-order valence-corrected chi connectivity index (χ4v) is 4.52. The molecule has 1 unspecified atom stereocenters. The van der Waals surface area contributed by atoms with Gasteiger partial charge in [0.15, 0.2) is 0 Å². The van der Waals surface area contributed by atoms with Gasteiger partial charge < -0.3 is 4.90 Å². The number of carbonyl (C=O) groups excluding carboxylic acids is 1. The van der Waals surface area contributed by atoms with Gasteiger partial charge in [-0.1, -0.05) is 18.1 Å². The van der Waals surface area contributed by atoms with Crippen LogP contribution >= 0.6 is 0 Å². The fraction of sp³-hybridized carbons (Fsp3) is 0.526. The minimum Gasteiger partial charge on any atom is -0.338 e. The van der Waals surface area contributed by atoms with Crippen molar-refractivity contribution in [3.8, 4) is 5.69 Å². The Hall–Kier alpha value is -2.38. The minimum atomic E-state index is -4.20. The van der Waals surface area contributed by atoms with Crippen LogP contribution in [0.4, 0.5) is 13.2 Å². The Balaban J connectivity index is 1.64. The van der Waals surface area contributed by atoms with Gasteiger partial charge in [0.05, 0.1) is 17.2 Å². The molecule has 27 heavy (non-hydrogen) atoms. The molecule has 0 bridgehead atoms. The molecule has 5 nitrogen and oxygen atoms in total. The van der Waals surface area contributed by atoms with Gasteiger partial charge in [-0.05, 0) is 43.7 Å². The van der Waals surface area contributed by atoms with Gasteiger partial charge in [-0.25, -0.2) is 0 Å². The molecule has 1 atom stereocenters. The number of amides is 1. The maximum atomic E-state index is 13.5. The topological polar surface area (TPSA) is 51.0 Å². The average Bonchev–Trinajstić information content (AvgIpc) is 3.12. The van der Waals surface area contributed by atoms with Crippen molar-refractivity contribution >= 4 is 5.91 Å². The summed E-state index contributed by atoms with van der Waals surface area (Å²) in [5, 5.41) is 7.56. The van der Waals surface area contributed by atoms with Crippen LogP contribution in [0.3, 0.4) is 0 Å². The van der Waals surface area contributed by atoms with Crippen LogP contribution in [0.25, 0.3) is 5.69 Å². The first-order valence-corrected chi connectivity index (χ1v) is 9.12. The molecule has 0 N–H and O–H groups in total. The second-order valence-electron chi connectivity index (χ2n) is 7.72. The van der Waals surface area contributed by atoms with Crippen molar-refractivity contribution in [1.29, 1.82) is 0 Å². The van der Waals surface area contributed by atoms with Crippen molar-refractivity contribution in [3.05, 3.63) is 42.0 Å². The van der Waals surface area contributed by atoms with E-state index in [-0.39, 0.29) is 25.4 Å². The van der Waals surface area contributed by atoms with Gasteiger partial charge in [0.1, 0.15) is 12.7 Å². The Morgan fingerprint density at radius 1 is 1.22 bits per heavy atom. The largest absolute Gasteiger partial charge is 0.392 e. The summed E-state index contributed by atoms with van der Waals surface area (Å²) in [6, 6.07) is 5.48. The second-order valence-corrected chi connectivity index (χ2v) is 7.72. The number of nitrogens with zero attached hydrogens (tertiary/aromatic N) is 4. The van der Waals surface area contributed by atoms with E-state index in [1.807, 2.05) is 19.1 Å². The van der Waals surface area contributed by atoms with E-state index in [9.17, 15) is 18.0 Å². The molecule has 1 saturated carbocycles. The monoisotopic (exact) mass is 378 g/mol. The van der Waals surface area contributed by atoms with Gasteiger partial charge >= 0.3 is 6.18 Å². The molecule has 1 amide bonds. The molecule has 4 rings (SSSR count). The highest BCUT2D eigenvalue weighted by Crippen LogP contribution is 2.56. The summed E-state index contributed by atoms with van der Waals surface area (Å²) in [6.45, 7) is 2.18. The smallest absolute Gasteiger partial charge is 0.338 e. The number of alkyl halides is 3. The average molecular weight is 378 g/mol. The van der Waals surface area contributed by atoms with Crippen molar-refractivity contribution < 1.29 is 18.0 Å². The molecular weight excluding hydrogens is 357 g/mol. The lowest BCUT2D eigenvalue weighted by Gasteiger charge is -2.54. The number of aromatic nitrogens is 3. The van der Waals surface area contributed by atoms with Crippen LogP contribution in [-0.2, 0) is 0 Å². The standard InChI is InChI=1S/C19H21F3N4O/c1-13-3-4-15(26-11-23-24-12-26)14(9-13)17(27)25-8-5-16(19(20,21)22)18(10-25)6-2-7-18/h3-4,9,11-12,16H,2,5-8,10H2,1H3. The third-order valence-electron chi connectivity index (χ3n) is 6.04. The second kappa shape index (κ2) is 6.35. The molecule has 8 heteroatoms. The van der Waals surface area contributed by atoms with Crippen molar-refractivity contribution in [1.82, 2.24) is 19.7 Å². The van der Waals surface area contributed by atoms with Crippen LogP contribution in [0.1, 0.15) is 41.6 Å². The first kappa shape index (κ1) is 18.0.